The topological polar surface area (TPSA) is 194 Å². The molecule has 0 rings (SSSR count). The number of ether oxygens (including phenoxy) is 2. The summed E-state index contributed by atoms with van der Waals surface area (Å²) in [5, 5.41) is 23.3. The second-order valence-corrected chi connectivity index (χ2v) is 11.4. The van der Waals surface area contributed by atoms with E-state index in [-0.39, 0.29) is 63.8 Å². The molecule has 0 aliphatic rings. The third-order valence-corrected chi connectivity index (χ3v) is 7.26. The Balaban J connectivity index is 3.78. The van der Waals surface area contributed by atoms with Gasteiger partial charge >= 0.3 is 11.9 Å². The Morgan fingerprint density at radius 1 is 0.682 bits per heavy atom. The average Bonchev–Trinajstić information content (AvgIpc) is 2.96. The van der Waals surface area contributed by atoms with Gasteiger partial charge in [0.05, 0.1) is 25.7 Å². The van der Waals surface area contributed by atoms with E-state index in [1.54, 1.807) is 0 Å². The lowest BCUT2D eigenvalue weighted by atomic mass is 9.94. The molecule has 0 aliphatic heterocycles. The minimum atomic E-state index is -1.08. The average molecular weight is 630 g/mol. The molecule has 0 aromatic carbocycles. The van der Waals surface area contributed by atoms with Crippen LogP contribution in [0.25, 0.3) is 0 Å². The molecular formula is C32H59N3O9. The van der Waals surface area contributed by atoms with Crippen LogP contribution in [0.3, 0.4) is 0 Å². The molecule has 0 radical (unpaired) electrons. The fourth-order valence-electron chi connectivity index (χ4n) is 4.78. The monoisotopic (exact) mass is 629 g/mol. The molecule has 0 bridgehead atoms. The molecule has 0 fully saturated rings. The lowest BCUT2D eigenvalue weighted by Gasteiger charge is -2.16. The second kappa shape index (κ2) is 29.2. The van der Waals surface area contributed by atoms with Crippen molar-refractivity contribution in [3.8, 4) is 0 Å². The standard InChI is InChI=1S/C32H59N3O9/c1-2-34-30(38)25-44-22-21-43-24-28(33)35-29(37)20-19-26(32(41)42)23-27(36)17-15-13-11-9-7-5-3-4-6-8-10-12-14-16-18-31(39)40/h26,28H,2-25,33H2,1H3,(H,34,38)(H,35,37)(H,39,40)(H,41,42)/t26-,28?/m1/s1. The minimum Gasteiger partial charge on any atom is -0.481 e. The van der Waals surface area contributed by atoms with E-state index < -0.39 is 29.9 Å². The summed E-state index contributed by atoms with van der Waals surface area (Å²) in [6.07, 6.45) is 15.2. The molecule has 0 aliphatic carbocycles. The van der Waals surface area contributed by atoms with Gasteiger partial charge < -0.3 is 36.1 Å². The van der Waals surface area contributed by atoms with Crippen LogP contribution in [0.4, 0.5) is 0 Å². The lowest BCUT2D eigenvalue weighted by Crippen LogP contribution is -2.45. The van der Waals surface area contributed by atoms with Crippen molar-refractivity contribution < 1.29 is 43.7 Å². The summed E-state index contributed by atoms with van der Waals surface area (Å²) >= 11 is 0. The Kier molecular flexibility index (Phi) is 27.5. The number of aliphatic carboxylic acids is 2. The zero-order valence-corrected chi connectivity index (χ0v) is 27.0. The molecule has 12 nitrogen and oxygen atoms in total. The van der Waals surface area contributed by atoms with Crippen molar-refractivity contribution in [3.63, 3.8) is 0 Å². The third-order valence-electron chi connectivity index (χ3n) is 7.26. The van der Waals surface area contributed by atoms with E-state index in [0.29, 0.717) is 13.0 Å². The summed E-state index contributed by atoms with van der Waals surface area (Å²) in [5.74, 6) is -3.39. The van der Waals surface area contributed by atoms with Gasteiger partial charge in [-0.3, -0.25) is 24.0 Å². The largest absolute Gasteiger partial charge is 0.481 e. The summed E-state index contributed by atoms with van der Waals surface area (Å²) < 4.78 is 10.5. The Bertz CT molecular complexity index is 795. The molecule has 0 aromatic rings. The number of likely N-dealkylation sites (N-methyl/N-ethyl adjacent to an activating group) is 1. The number of unbranched alkanes of at least 4 members (excludes halogenated alkanes) is 13. The van der Waals surface area contributed by atoms with E-state index in [4.69, 9.17) is 20.3 Å². The zero-order chi connectivity index (χ0) is 32.8. The van der Waals surface area contributed by atoms with Crippen LogP contribution in [-0.4, -0.2) is 78.9 Å². The molecule has 2 atom stereocenters. The first-order chi connectivity index (χ1) is 21.1. The molecule has 0 spiro atoms. The van der Waals surface area contributed by atoms with Crippen LogP contribution in [0.1, 0.15) is 129 Å². The molecule has 0 saturated carbocycles. The summed E-state index contributed by atoms with van der Waals surface area (Å²) in [4.78, 5) is 57.9. The number of Topliss-reactive ketones (excluding diaryl/α,β-unsaturated/α-hetero) is 1. The Hall–Kier alpha value is -2.57. The summed E-state index contributed by atoms with van der Waals surface area (Å²) in [7, 11) is 0. The van der Waals surface area contributed by atoms with Crippen LogP contribution < -0.4 is 16.4 Å². The molecule has 12 heteroatoms. The summed E-state index contributed by atoms with van der Waals surface area (Å²) in [6, 6.07) is 0. The van der Waals surface area contributed by atoms with E-state index in [1.807, 2.05) is 6.92 Å². The highest BCUT2D eigenvalue weighted by Gasteiger charge is 2.22. The van der Waals surface area contributed by atoms with Crippen molar-refractivity contribution in [1.29, 1.82) is 0 Å². The maximum absolute atomic E-state index is 12.3. The number of hydrogen-bond donors (Lipinski definition) is 5. The fraction of sp³-hybridized carbons (Fsp3) is 0.844. The predicted octanol–water partition coefficient (Wildman–Crippen LogP) is 4.32. The molecule has 1 unspecified atom stereocenters. The first kappa shape index (κ1) is 41.4. The number of nitrogens with two attached hydrogens (primary N) is 1. The molecule has 0 heterocycles. The predicted molar refractivity (Wildman–Crippen MR) is 168 cm³/mol. The van der Waals surface area contributed by atoms with Gasteiger partial charge in [0.1, 0.15) is 18.6 Å². The fourth-order valence-corrected chi connectivity index (χ4v) is 4.78. The maximum atomic E-state index is 12.3. The SMILES string of the molecule is CCNC(=O)COCCOCC(N)NC(=O)CC[C@H](CC(=O)CCCCCCCCCCCCCCCCC(=O)O)C(=O)O. The Morgan fingerprint density at radius 2 is 1.18 bits per heavy atom. The molecule has 2 amide bonds. The van der Waals surface area contributed by atoms with Crippen LogP contribution in [0, 0.1) is 5.92 Å². The van der Waals surface area contributed by atoms with Gasteiger partial charge in [0, 0.05) is 32.2 Å². The van der Waals surface area contributed by atoms with Crippen LogP contribution in [0.15, 0.2) is 0 Å². The molecule has 0 saturated heterocycles. The van der Waals surface area contributed by atoms with Crippen molar-refractivity contribution >= 4 is 29.5 Å². The van der Waals surface area contributed by atoms with Gasteiger partial charge in [0.15, 0.2) is 0 Å². The van der Waals surface area contributed by atoms with Gasteiger partial charge in [0.25, 0.3) is 0 Å². The molecule has 256 valence electrons. The van der Waals surface area contributed by atoms with Crippen LogP contribution in [-0.2, 0) is 33.4 Å². The molecular weight excluding hydrogens is 570 g/mol. The molecule has 6 N–H and O–H groups in total. The van der Waals surface area contributed by atoms with Gasteiger partial charge in [-0.2, -0.15) is 0 Å². The third kappa shape index (κ3) is 28.2. The van der Waals surface area contributed by atoms with Gasteiger partial charge in [-0.15, -0.1) is 0 Å². The number of carbonyl (C=O) groups excluding carboxylic acids is 3. The van der Waals surface area contributed by atoms with Crippen LogP contribution >= 0.6 is 0 Å². The van der Waals surface area contributed by atoms with E-state index in [2.05, 4.69) is 10.6 Å². The van der Waals surface area contributed by atoms with Crippen LogP contribution in [0.5, 0.6) is 0 Å². The quantitative estimate of drug-likeness (QED) is 0.0528. The number of rotatable bonds is 32. The highest BCUT2D eigenvalue weighted by molar-refractivity contribution is 5.84. The normalized spacial score (nSPS) is 12.4. The smallest absolute Gasteiger partial charge is 0.306 e. The first-order valence-electron chi connectivity index (χ1n) is 16.6. The lowest BCUT2D eigenvalue weighted by molar-refractivity contribution is -0.144. The van der Waals surface area contributed by atoms with Crippen molar-refractivity contribution in [3.05, 3.63) is 0 Å². The Labute approximate surface area is 263 Å². The van der Waals surface area contributed by atoms with E-state index >= 15 is 0 Å². The molecule has 0 aromatic heterocycles. The highest BCUT2D eigenvalue weighted by atomic mass is 16.5. The Morgan fingerprint density at radius 3 is 1.68 bits per heavy atom. The number of nitrogens with one attached hydrogen (secondary N) is 2. The zero-order valence-electron chi connectivity index (χ0n) is 27.0. The van der Waals surface area contributed by atoms with Crippen molar-refractivity contribution in [2.75, 3.05) is 33.0 Å². The van der Waals surface area contributed by atoms with Crippen molar-refractivity contribution in [2.24, 2.45) is 11.7 Å². The van der Waals surface area contributed by atoms with E-state index in [1.165, 1.54) is 44.9 Å². The van der Waals surface area contributed by atoms with E-state index in [0.717, 1.165) is 44.9 Å². The summed E-state index contributed by atoms with van der Waals surface area (Å²) in [6.45, 7) is 2.73. The van der Waals surface area contributed by atoms with Gasteiger partial charge in [0.2, 0.25) is 11.8 Å². The number of carboxylic acid groups (broad SMARTS) is 2. The number of carboxylic acids is 2. The maximum Gasteiger partial charge on any atom is 0.306 e. The number of carbonyl (C=O) groups is 5. The highest BCUT2D eigenvalue weighted by Crippen LogP contribution is 2.17. The summed E-state index contributed by atoms with van der Waals surface area (Å²) in [5.41, 5.74) is 5.83. The van der Waals surface area contributed by atoms with Crippen molar-refractivity contribution in [2.45, 2.75) is 135 Å². The van der Waals surface area contributed by atoms with E-state index in [9.17, 15) is 29.1 Å². The molecule has 44 heavy (non-hydrogen) atoms. The van der Waals surface area contributed by atoms with Crippen molar-refractivity contribution in [1.82, 2.24) is 10.6 Å². The van der Waals surface area contributed by atoms with Gasteiger partial charge in [-0.1, -0.05) is 77.0 Å². The van der Waals surface area contributed by atoms with Crippen LogP contribution in [0.2, 0.25) is 0 Å². The second-order valence-electron chi connectivity index (χ2n) is 11.4. The first-order valence-corrected chi connectivity index (χ1v) is 16.6. The number of hydrogen-bond acceptors (Lipinski definition) is 8. The number of amides is 2. The van der Waals surface area contributed by atoms with Gasteiger partial charge in [-0.05, 0) is 26.2 Å². The van der Waals surface area contributed by atoms with Gasteiger partial charge in [-0.25, -0.2) is 0 Å². The minimum absolute atomic E-state index is 0.0387. The number of ketones is 1.